The van der Waals surface area contributed by atoms with Crippen LogP contribution < -0.4 is 9.47 Å². The van der Waals surface area contributed by atoms with Crippen molar-refractivity contribution in [2.24, 2.45) is 0 Å². The Hall–Kier alpha value is -2.68. The summed E-state index contributed by atoms with van der Waals surface area (Å²) >= 11 is 1.30. The molecule has 9 heteroatoms. The van der Waals surface area contributed by atoms with Gasteiger partial charge in [-0.25, -0.2) is 0 Å². The Labute approximate surface area is 159 Å². The smallest absolute Gasteiger partial charge is 0.285 e. The van der Waals surface area contributed by atoms with Crippen LogP contribution in [0.15, 0.2) is 12.1 Å². The molecule has 27 heavy (non-hydrogen) atoms. The molecule has 0 N–H and O–H groups in total. The van der Waals surface area contributed by atoms with Gasteiger partial charge in [-0.2, -0.15) is 4.52 Å². The molecule has 1 amide bonds. The van der Waals surface area contributed by atoms with Gasteiger partial charge >= 0.3 is 0 Å². The van der Waals surface area contributed by atoms with E-state index in [1.165, 1.54) is 16.9 Å². The number of hydrogen-bond donors (Lipinski definition) is 0. The first kappa shape index (κ1) is 16.5. The third-order valence-electron chi connectivity index (χ3n) is 5.15. The molecule has 0 radical (unpaired) electrons. The SMILES string of the molecule is COc1cc2c(cc1OC)CN(C(=O)c1nn3c(C4CC4)nnc3s1)CC2. The van der Waals surface area contributed by atoms with E-state index in [0.29, 0.717) is 34.7 Å². The van der Waals surface area contributed by atoms with Crippen LogP contribution in [0.1, 0.15) is 45.5 Å². The van der Waals surface area contributed by atoms with Crippen molar-refractivity contribution >= 4 is 22.2 Å². The summed E-state index contributed by atoms with van der Waals surface area (Å²) in [5, 5.41) is 13.3. The van der Waals surface area contributed by atoms with E-state index < -0.39 is 0 Å². The number of benzene rings is 1. The average molecular weight is 385 g/mol. The van der Waals surface area contributed by atoms with Gasteiger partial charge in [-0.05, 0) is 42.5 Å². The van der Waals surface area contributed by atoms with E-state index >= 15 is 0 Å². The molecule has 3 aromatic rings. The van der Waals surface area contributed by atoms with E-state index in [-0.39, 0.29) is 5.91 Å². The number of nitrogens with zero attached hydrogens (tertiary/aromatic N) is 5. The third kappa shape index (κ3) is 2.73. The molecule has 0 saturated heterocycles. The van der Waals surface area contributed by atoms with Gasteiger partial charge in [0.25, 0.3) is 5.91 Å². The lowest BCUT2D eigenvalue weighted by atomic mass is 9.99. The fourth-order valence-electron chi connectivity index (χ4n) is 3.51. The summed E-state index contributed by atoms with van der Waals surface area (Å²) in [4.78, 5) is 15.5. The zero-order chi connectivity index (χ0) is 18.5. The Bertz CT molecular complexity index is 1040. The number of amides is 1. The van der Waals surface area contributed by atoms with Crippen molar-refractivity contribution in [2.75, 3.05) is 20.8 Å². The first-order valence-electron chi connectivity index (χ1n) is 8.93. The summed E-state index contributed by atoms with van der Waals surface area (Å²) in [5.41, 5.74) is 2.26. The first-order chi connectivity index (χ1) is 13.2. The van der Waals surface area contributed by atoms with Gasteiger partial charge in [-0.1, -0.05) is 11.3 Å². The molecule has 3 heterocycles. The highest BCUT2D eigenvalue weighted by atomic mass is 32.1. The Morgan fingerprint density at radius 3 is 2.59 bits per heavy atom. The summed E-state index contributed by atoms with van der Waals surface area (Å²) in [6.07, 6.45) is 3.02. The minimum atomic E-state index is -0.0623. The second-order valence-corrected chi connectivity index (χ2v) is 7.84. The van der Waals surface area contributed by atoms with Crippen LogP contribution in [0.25, 0.3) is 4.96 Å². The molecule has 1 fully saturated rings. The molecule has 140 valence electrons. The number of ether oxygens (including phenoxy) is 2. The van der Waals surface area contributed by atoms with Gasteiger partial charge in [0.15, 0.2) is 17.3 Å². The van der Waals surface area contributed by atoms with Gasteiger partial charge in [0.2, 0.25) is 9.97 Å². The molecule has 1 saturated carbocycles. The van der Waals surface area contributed by atoms with Crippen LogP contribution in [0.3, 0.4) is 0 Å². The first-order valence-corrected chi connectivity index (χ1v) is 9.74. The van der Waals surface area contributed by atoms with Gasteiger partial charge in [0.05, 0.1) is 14.2 Å². The van der Waals surface area contributed by atoms with Gasteiger partial charge in [0, 0.05) is 19.0 Å². The van der Waals surface area contributed by atoms with Crippen LogP contribution in [0, 0.1) is 0 Å². The summed E-state index contributed by atoms with van der Waals surface area (Å²) in [7, 11) is 3.25. The number of carbonyl (C=O) groups is 1. The van der Waals surface area contributed by atoms with Crippen LogP contribution in [-0.2, 0) is 13.0 Å². The number of aromatic nitrogens is 4. The summed E-state index contributed by atoms with van der Waals surface area (Å²) < 4.78 is 12.5. The molecule has 1 aliphatic carbocycles. The molecule has 2 aliphatic rings. The zero-order valence-electron chi connectivity index (χ0n) is 15.1. The minimum Gasteiger partial charge on any atom is -0.493 e. The molecule has 1 aliphatic heterocycles. The second kappa shape index (κ2) is 6.19. The Morgan fingerprint density at radius 2 is 1.89 bits per heavy atom. The van der Waals surface area contributed by atoms with Crippen LogP contribution in [0.4, 0.5) is 0 Å². The number of rotatable bonds is 4. The molecule has 0 spiro atoms. The van der Waals surface area contributed by atoms with Gasteiger partial charge in [0.1, 0.15) is 0 Å². The van der Waals surface area contributed by atoms with E-state index in [2.05, 4.69) is 15.3 Å². The fraction of sp³-hybridized carbons (Fsp3) is 0.444. The predicted molar refractivity (Wildman–Crippen MR) is 98.6 cm³/mol. The summed E-state index contributed by atoms with van der Waals surface area (Å²) in [6.45, 7) is 1.18. The zero-order valence-corrected chi connectivity index (χ0v) is 16.0. The van der Waals surface area contributed by atoms with E-state index in [1.54, 1.807) is 18.7 Å². The number of carbonyl (C=O) groups excluding carboxylic acids is 1. The van der Waals surface area contributed by atoms with Crippen molar-refractivity contribution in [3.63, 3.8) is 0 Å². The Kier molecular flexibility index (Phi) is 3.78. The molecule has 0 bridgehead atoms. The molecule has 8 nitrogen and oxygen atoms in total. The largest absolute Gasteiger partial charge is 0.493 e. The van der Waals surface area contributed by atoms with Crippen molar-refractivity contribution in [1.82, 2.24) is 24.7 Å². The van der Waals surface area contributed by atoms with Crippen molar-refractivity contribution in [2.45, 2.75) is 31.7 Å². The topological polar surface area (TPSA) is 81.9 Å². The lowest BCUT2D eigenvalue weighted by molar-refractivity contribution is 0.0732. The van der Waals surface area contributed by atoms with E-state index in [4.69, 9.17) is 9.47 Å². The van der Waals surface area contributed by atoms with E-state index in [0.717, 1.165) is 36.4 Å². The molecule has 0 unspecified atom stereocenters. The average Bonchev–Trinajstić information content (AvgIpc) is 3.33. The van der Waals surface area contributed by atoms with Crippen molar-refractivity contribution in [1.29, 1.82) is 0 Å². The van der Waals surface area contributed by atoms with Crippen molar-refractivity contribution in [3.05, 3.63) is 34.1 Å². The van der Waals surface area contributed by atoms with Crippen LogP contribution in [0.5, 0.6) is 11.5 Å². The maximum absolute atomic E-state index is 13.0. The minimum absolute atomic E-state index is 0.0623. The number of fused-ring (bicyclic) bond motifs is 2. The van der Waals surface area contributed by atoms with Crippen LogP contribution in [0.2, 0.25) is 0 Å². The highest BCUT2D eigenvalue weighted by Gasteiger charge is 2.32. The maximum atomic E-state index is 13.0. The van der Waals surface area contributed by atoms with Crippen LogP contribution in [-0.4, -0.2) is 51.4 Å². The predicted octanol–water partition coefficient (Wildman–Crippen LogP) is 2.28. The lowest BCUT2D eigenvalue weighted by Gasteiger charge is -2.28. The van der Waals surface area contributed by atoms with Crippen molar-refractivity contribution < 1.29 is 14.3 Å². The molecule has 2 aromatic heterocycles. The Morgan fingerprint density at radius 1 is 1.15 bits per heavy atom. The fourth-order valence-corrected chi connectivity index (χ4v) is 4.32. The lowest BCUT2D eigenvalue weighted by Crippen LogP contribution is -2.36. The molecular formula is C18H19N5O3S. The maximum Gasteiger partial charge on any atom is 0.285 e. The summed E-state index contributed by atoms with van der Waals surface area (Å²) in [6, 6.07) is 3.96. The monoisotopic (exact) mass is 385 g/mol. The summed E-state index contributed by atoms with van der Waals surface area (Å²) in [5.74, 6) is 2.65. The highest BCUT2D eigenvalue weighted by molar-refractivity contribution is 7.18. The van der Waals surface area contributed by atoms with Crippen LogP contribution >= 0.6 is 11.3 Å². The molecule has 5 rings (SSSR count). The normalized spacial score (nSPS) is 16.4. The standard InChI is InChI=1S/C18H19N5O3S/c1-25-13-7-11-5-6-22(9-12(11)8-14(13)26-2)17(24)16-21-23-15(10-3-4-10)19-20-18(23)27-16/h7-8,10H,3-6,9H2,1-2H3. The second-order valence-electron chi connectivity index (χ2n) is 6.89. The van der Waals surface area contributed by atoms with Crippen molar-refractivity contribution in [3.8, 4) is 11.5 Å². The van der Waals surface area contributed by atoms with Gasteiger partial charge in [-0.15, -0.1) is 15.3 Å². The number of hydrogen-bond acceptors (Lipinski definition) is 7. The highest BCUT2D eigenvalue weighted by Crippen LogP contribution is 2.39. The quantitative estimate of drug-likeness (QED) is 0.685. The molecule has 1 aromatic carbocycles. The van der Waals surface area contributed by atoms with E-state index in [1.807, 2.05) is 17.0 Å². The molecular weight excluding hydrogens is 366 g/mol. The Balaban J connectivity index is 1.42. The third-order valence-corrected chi connectivity index (χ3v) is 6.03. The number of methoxy groups -OCH3 is 2. The molecule has 0 atom stereocenters. The van der Waals surface area contributed by atoms with E-state index in [9.17, 15) is 4.79 Å². The van der Waals surface area contributed by atoms with Gasteiger partial charge < -0.3 is 14.4 Å². The van der Waals surface area contributed by atoms with Gasteiger partial charge in [-0.3, -0.25) is 4.79 Å².